The lowest BCUT2D eigenvalue weighted by molar-refractivity contribution is -0.137. The summed E-state index contributed by atoms with van der Waals surface area (Å²) < 4.78 is 64.8. The monoisotopic (exact) mass is 446 g/mol. The van der Waals surface area contributed by atoms with Gasteiger partial charge in [-0.3, -0.25) is 0 Å². The molecule has 0 bridgehead atoms. The average Bonchev–Trinajstić information content (AvgIpc) is 2.69. The van der Waals surface area contributed by atoms with Crippen molar-refractivity contribution in [2.45, 2.75) is 49.6 Å². The molecule has 1 saturated carbocycles. The van der Waals surface area contributed by atoms with E-state index in [9.17, 15) is 21.6 Å². The minimum atomic E-state index is -4.48. The Hall–Kier alpha value is -1.38. The lowest BCUT2D eigenvalue weighted by Gasteiger charge is -2.31. The number of rotatable bonds is 10. The maximum atomic E-state index is 12.7. The van der Waals surface area contributed by atoms with Crippen molar-refractivity contribution in [1.82, 2.24) is 9.21 Å². The molecule has 1 aromatic carbocycles. The summed E-state index contributed by atoms with van der Waals surface area (Å²) in [7, 11) is -0.194. The second-order valence-corrected chi connectivity index (χ2v) is 10.4. The van der Waals surface area contributed by atoms with Crippen LogP contribution in [0, 0.1) is 11.8 Å². The highest BCUT2D eigenvalue weighted by Gasteiger charge is 2.32. The fraction of sp³-hybridized carbons (Fsp3) is 0.636. The summed E-state index contributed by atoms with van der Waals surface area (Å²) in [5.74, 6) is 0.981. The van der Waals surface area contributed by atoms with E-state index < -0.39 is 21.8 Å². The molecule has 1 aromatic rings. The second kappa shape index (κ2) is 10.8. The van der Waals surface area contributed by atoms with Crippen molar-refractivity contribution in [3.8, 4) is 0 Å². The van der Waals surface area contributed by atoms with Gasteiger partial charge in [0.2, 0.25) is 10.0 Å². The average molecular weight is 447 g/mol. The molecule has 2 rings (SSSR count). The van der Waals surface area contributed by atoms with E-state index in [-0.39, 0.29) is 4.90 Å². The zero-order valence-electron chi connectivity index (χ0n) is 17.9. The van der Waals surface area contributed by atoms with E-state index >= 15 is 0 Å². The summed E-state index contributed by atoms with van der Waals surface area (Å²) in [6.45, 7) is 6.10. The highest BCUT2D eigenvalue weighted by atomic mass is 32.2. The molecule has 0 radical (unpaired) electrons. The zero-order valence-corrected chi connectivity index (χ0v) is 18.7. The molecule has 0 spiro atoms. The lowest BCUT2D eigenvalue weighted by atomic mass is 9.80. The first-order valence-corrected chi connectivity index (χ1v) is 11.9. The smallest absolute Gasteiger partial charge is 0.303 e. The highest BCUT2D eigenvalue weighted by Crippen LogP contribution is 2.33. The van der Waals surface area contributed by atoms with Crippen LogP contribution < -0.4 is 0 Å². The Kier molecular flexibility index (Phi) is 8.94. The molecule has 1 aliphatic carbocycles. The van der Waals surface area contributed by atoms with E-state index in [0.717, 1.165) is 69.5 Å². The number of halogens is 3. The van der Waals surface area contributed by atoms with Crippen LogP contribution in [0.15, 0.2) is 41.8 Å². The van der Waals surface area contributed by atoms with Crippen molar-refractivity contribution in [3.05, 3.63) is 42.5 Å². The van der Waals surface area contributed by atoms with Gasteiger partial charge in [0.1, 0.15) is 0 Å². The first kappa shape index (κ1) is 24.9. The van der Waals surface area contributed by atoms with Gasteiger partial charge in [-0.15, -0.1) is 6.58 Å². The van der Waals surface area contributed by atoms with Gasteiger partial charge in [0, 0.05) is 20.1 Å². The van der Waals surface area contributed by atoms with E-state index in [1.165, 1.54) is 17.8 Å². The topological polar surface area (TPSA) is 40.6 Å². The molecule has 0 heterocycles. The lowest BCUT2D eigenvalue weighted by Crippen LogP contribution is -2.33. The van der Waals surface area contributed by atoms with Crippen LogP contribution in [0.4, 0.5) is 13.2 Å². The van der Waals surface area contributed by atoms with E-state index in [4.69, 9.17) is 0 Å². The molecular weight excluding hydrogens is 413 g/mol. The van der Waals surface area contributed by atoms with Gasteiger partial charge in [0.25, 0.3) is 0 Å². The first-order valence-electron chi connectivity index (χ1n) is 10.5. The molecule has 0 unspecified atom stereocenters. The Labute approximate surface area is 178 Å². The largest absolute Gasteiger partial charge is 0.416 e. The third kappa shape index (κ3) is 7.10. The number of alkyl halides is 3. The fourth-order valence-electron chi connectivity index (χ4n) is 4.12. The van der Waals surface area contributed by atoms with Gasteiger partial charge in [0.15, 0.2) is 0 Å². The molecule has 170 valence electrons. The molecule has 0 aromatic heterocycles. The van der Waals surface area contributed by atoms with Crippen LogP contribution in [-0.4, -0.2) is 51.4 Å². The van der Waals surface area contributed by atoms with Gasteiger partial charge in [-0.05, 0) is 75.4 Å². The molecule has 0 atom stereocenters. The summed E-state index contributed by atoms with van der Waals surface area (Å²) >= 11 is 0. The Morgan fingerprint density at radius 3 is 2.17 bits per heavy atom. The Balaban J connectivity index is 1.82. The van der Waals surface area contributed by atoms with Crippen molar-refractivity contribution in [2.24, 2.45) is 11.8 Å². The molecule has 4 nitrogen and oxygen atoms in total. The van der Waals surface area contributed by atoms with E-state index in [1.54, 1.807) is 0 Å². The SMILES string of the molecule is C=CCN(C)CCCC1CCC(CN(C)S(=O)(=O)c2ccc(C(F)(F)F)cc2)CC1. The van der Waals surface area contributed by atoms with E-state index in [2.05, 4.69) is 18.5 Å². The molecule has 1 fully saturated rings. The van der Waals surface area contributed by atoms with Gasteiger partial charge < -0.3 is 4.90 Å². The fourth-order valence-corrected chi connectivity index (χ4v) is 5.37. The number of likely N-dealkylation sites (N-methyl/N-ethyl adjacent to an activating group) is 1. The predicted octanol–water partition coefficient (Wildman–Crippen LogP) is 5.03. The van der Waals surface area contributed by atoms with Gasteiger partial charge in [0.05, 0.1) is 10.5 Å². The number of benzene rings is 1. The van der Waals surface area contributed by atoms with Gasteiger partial charge in [-0.2, -0.15) is 13.2 Å². The maximum Gasteiger partial charge on any atom is 0.416 e. The normalized spacial score (nSPS) is 20.6. The molecular formula is C22H33F3N2O2S. The van der Waals surface area contributed by atoms with Gasteiger partial charge in [-0.1, -0.05) is 18.9 Å². The summed E-state index contributed by atoms with van der Waals surface area (Å²) in [4.78, 5) is 2.15. The molecule has 0 aliphatic heterocycles. The summed E-state index contributed by atoms with van der Waals surface area (Å²) in [5.41, 5.74) is -0.849. The van der Waals surface area contributed by atoms with Crippen molar-refractivity contribution in [3.63, 3.8) is 0 Å². The minimum Gasteiger partial charge on any atom is -0.303 e. The molecule has 30 heavy (non-hydrogen) atoms. The minimum absolute atomic E-state index is 0.102. The zero-order chi connectivity index (χ0) is 22.4. The van der Waals surface area contributed by atoms with Gasteiger partial charge >= 0.3 is 6.18 Å². The maximum absolute atomic E-state index is 12.7. The van der Waals surface area contributed by atoms with Crippen LogP contribution in [-0.2, 0) is 16.2 Å². The van der Waals surface area contributed by atoms with Crippen molar-refractivity contribution in [2.75, 3.05) is 33.7 Å². The summed E-state index contributed by atoms with van der Waals surface area (Å²) in [5, 5.41) is 0. The molecule has 0 saturated heterocycles. The molecule has 0 amide bonds. The number of hydrogen-bond donors (Lipinski definition) is 0. The first-order chi connectivity index (χ1) is 14.0. The summed E-state index contributed by atoms with van der Waals surface area (Å²) in [6.07, 6.45) is 3.94. The number of sulfonamides is 1. The Morgan fingerprint density at radius 1 is 1.07 bits per heavy atom. The number of nitrogens with zero attached hydrogens (tertiary/aromatic N) is 2. The standard InChI is InChI=1S/C22H33F3N2O2S/c1-4-15-26(2)16-5-6-18-7-9-19(10-8-18)17-27(3)30(28,29)21-13-11-20(12-14-21)22(23,24)25/h4,11-14,18-19H,1,5-10,15-17H2,2-3H3. The van der Waals surface area contributed by atoms with Crippen LogP contribution in [0.5, 0.6) is 0 Å². The van der Waals surface area contributed by atoms with E-state index in [0.29, 0.717) is 18.4 Å². The predicted molar refractivity (Wildman–Crippen MR) is 114 cm³/mol. The van der Waals surface area contributed by atoms with Crippen LogP contribution in [0.3, 0.4) is 0 Å². The van der Waals surface area contributed by atoms with Crippen LogP contribution >= 0.6 is 0 Å². The quantitative estimate of drug-likeness (QED) is 0.473. The third-order valence-corrected chi connectivity index (χ3v) is 7.80. The van der Waals surface area contributed by atoms with Crippen molar-refractivity contribution < 1.29 is 21.6 Å². The number of hydrogen-bond acceptors (Lipinski definition) is 3. The molecule has 8 heteroatoms. The van der Waals surface area contributed by atoms with Crippen LogP contribution in [0.25, 0.3) is 0 Å². The Morgan fingerprint density at radius 2 is 1.63 bits per heavy atom. The highest BCUT2D eigenvalue weighted by molar-refractivity contribution is 7.89. The van der Waals surface area contributed by atoms with Gasteiger partial charge in [-0.25, -0.2) is 12.7 Å². The van der Waals surface area contributed by atoms with Crippen molar-refractivity contribution >= 4 is 10.0 Å². The Bertz CT molecular complexity index is 771. The third-order valence-electron chi connectivity index (χ3n) is 5.96. The molecule has 1 aliphatic rings. The summed E-state index contributed by atoms with van der Waals surface area (Å²) in [6, 6.07) is 3.71. The van der Waals surface area contributed by atoms with Crippen LogP contribution in [0.2, 0.25) is 0 Å². The van der Waals surface area contributed by atoms with E-state index in [1.807, 2.05) is 6.08 Å². The second-order valence-electron chi connectivity index (χ2n) is 8.39. The molecule has 0 N–H and O–H groups in total. The van der Waals surface area contributed by atoms with Crippen LogP contribution in [0.1, 0.15) is 44.1 Å². The van der Waals surface area contributed by atoms with Crippen molar-refractivity contribution in [1.29, 1.82) is 0 Å².